The first-order valence-corrected chi connectivity index (χ1v) is 6.25. The molecular weight excluding hydrogens is 218 g/mol. The minimum absolute atomic E-state index is 0.527. The monoisotopic (exact) mass is 243 g/mol. The first-order valence-electron chi connectivity index (χ1n) is 6.25. The van der Waals surface area contributed by atoms with Gasteiger partial charge in [0.2, 0.25) is 0 Å². The highest BCUT2D eigenvalue weighted by molar-refractivity contribution is 5.49. The van der Waals surface area contributed by atoms with Gasteiger partial charge in [0.15, 0.2) is 0 Å². The van der Waals surface area contributed by atoms with Gasteiger partial charge in [-0.25, -0.2) is 0 Å². The Hall–Kier alpha value is -1.76. The Kier molecular flexibility index (Phi) is 8.38. The molecule has 18 heavy (non-hydrogen) atoms. The SMILES string of the molecule is C=C/C=C(\C=C/C(C)C)C(/C=C)=C/C=C(\C)NC. The van der Waals surface area contributed by atoms with Gasteiger partial charge < -0.3 is 5.32 Å². The molecule has 98 valence electrons. The molecule has 0 aliphatic carbocycles. The zero-order valence-corrected chi connectivity index (χ0v) is 12.0. The standard InChI is InChI=1S/C17H25N/c1-7-9-17(12-10-14(3)4)16(8-2)13-11-15(5)18-6/h7-14,18H,1-2H2,3-6H3/b12-10-,15-11+,16-13+,17-9+. The van der Waals surface area contributed by atoms with E-state index in [4.69, 9.17) is 0 Å². The van der Waals surface area contributed by atoms with Crippen molar-refractivity contribution < 1.29 is 0 Å². The van der Waals surface area contributed by atoms with Gasteiger partial charge in [-0.2, -0.15) is 0 Å². The summed E-state index contributed by atoms with van der Waals surface area (Å²) in [6.45, 7) is 14.0. The quantitative estimate of drug-likeness (QED) is 0.647. The first-order chi connectivity index (χ1) is 8.54. The predicted octanol–water partition coefficient (Wildman–Crippen LogP) is 4.55. The molecule has 0 atom stereocenters. The van der Waals surface area contributed by atoms with Crippen LogP contribution in [0, 0.1) is 5.92 Å². The maximum absolute atomic E-state index is 3.87. The van der Waals surface area contributed by atoms with Gasteiger partial charge in [-0.1, -0.05) is 63.5 Å². The summed E-state index contributed by atoms with van der Waals surface area (Å²) in [7, 11) is 1.91. The Bertz CT molecular complexity index is 390. The maximum Gasteiger partial charge on any atom is 0.00726 e. The van der Waals surface area contributed by atoms with E-state index in [1.807, 2.05) is 32.2 Å². The highest BCUT2D eigenvalue weighted by Crippen LogP contribution is 2.15. The molecule has 1 nitrogen and oxygen atoms in total. The van der Waals surface area contributed by atoms with E-state index in [0.29, 0.717) is 5.92 Å². The van der Waals surface area contributed by atoms with Crippen molar-refractivity contribution in [2.45, 2.75) is 20.8 Å². The fourth-order valence-electron chi connectivity index (χ4n) is 1.25. The maximum atomic E-state index is 3.87. The lowest BCUT2D eigenvalue weighted by Crippen LogP contribution is -2.00. The van der Waals surface area contributed by atoms with Gasteiger partial charge in [-0.05, 0) is 30.1 Å². The molecule has 0 aromatic rings. The molecule has 0 saturated heterocycles. The second-order valence-electron chi connectivity index (χ2n) is 4.39. The van der Waals surface area contributed by atoms with Crippen LogP contribution in [0.25, 0.3) is 0 Å². The van der Waals surface area contributed by atoms with Gasteiger partial charge in [0.25, 0.3) is 0 Å². The fourth-order valence-corrected chi connectivity index (χ4v) is 1.25. The summed E-state index contributed by atoms with van der Waals surface area (Å²) in [6.07, 6.45) is 14.0. The van der Waals surface area contributed by atoms with E-state index in [-0.39, 0.29) is 0 Å². The number of nitrogens with one attached hydrogen (secondary N) is 1. The summed E-state index contributed by atoms with van der Waals surface area (Å²) >= 11 is 0. The van der Waals surface area contributed by atoms with Crippen molar-refractivity contribution in [2.24, 2.45) is 5.92 Å². The van der Waals surface area contributed by atoms with Gasteiger partial charge in [-0.3, -0.25) is 0 Å². The molecule has 0 aliphatic heterocycles. The van der Waals surface area contributed by atoms with E-state index in [0.717, 1.165) is 16.8 Å². The average molecular weight is 243 g/mol. The van der Waals surface area contributed by atoms with Gasteiger partial charge in [0.1, 0.15) is 0 Å². The molecule has 0 bridgehead atoms. The van der Waals surface area contributed by atoms with E-state index in [1.165, 1.54) is 0 Å². The minimum atomic E-state index is 0.527. The smallest absolute Gasteiger partial charge is 0.00726 e. The highest BCUT2D eigenvalue weighted by Gasteiger charge is 1.96. The molecule has 0 spiro atoms. The van der Waals surface area contributed by atoms with Crippen molar-refractivity contribution in [1.29, 1.82) is 0 Å². The van der Waals surface area contributed by atoms with Gasteiger partial charge in [0, 0.05) is 12.7 Å². The topological polar surface area (TPSA) is 12.0 Å². The number of rotatable bonds is 7. The highest BCUT2D eigenvalue weighted by atomic mass is 14.8. The van der Waals surface area contributed by atoms with Gasteiger partial charge in [-0.15, -0.1) is 0 Å². The summed E-state index contributed by atoms with van der Waals surface area (Å²) in [4.78, 5) is 0. The lowest BCUT2D eigenvalue weighted by Gasteiger charge is -2.04. The zero-order valence-electron chi connectivity index (χ0n) is 12.0. The van der Waals surface area contributed by atoms with Crippen molar-refractivity contribution in [3.05, 3.63) is 72.5 Å². The van der Waals surface area contributed by atoms with Crippen LogP contribution < -0.4 is 5.32 Å². The number of allylic oxidation sites excluding steroid dienone is 10. The number of hydrogen-bond donors (Lipinski definition) is 1. The molecule has 1 N–H and O–H groups in total. The largest absolute Gasteiger partial charge is 0.392 e. The third kappa shape index (κ3) is 6.74. The van der Waals surface area contributed by atoms with Crippen molar-refractivity contribution >= 4 is 0 Å². The minimum Gasteiger partial charge on any atom is -0.392 e. The van der Waals surface area contributed by atoms with Crippen LogP contribution in [0.2, 0.25) is 0 Å². The van der Waals surface area contributed by atoms with Crippen LogP contribution in [-0.4, -0.2) is 7.05 Å². The summed E-state index contributed by atoms with van der Waals surface area (Å²) in [5.41, 5.74) is 3.32. The Labute approximate surface area is 112 Å². The van der Waals surface area contributed by atoms with Crippen molar-refractivity contribution in [3.8, 4) is 0 Å². The van der Waals surface area contributed by atoms with E-state index in [1.54, 1.807) is 6.08 Å². The van der Waals surface area contributed by atoms with Crippen LogP contribution in [0.3, 0.4) is 0 Å². The number of hydrogen-bond acceptors (Lipinski definition) is 1. The molecule has 0 fully saturated rings. The van der Waals surface area contributed by atoms with E-state index in [9.17, 15) is 0 Å². The summed E-state index contributed by atoms with van der Waals surface area (Å²) in [6, 6.07) is 0. The molecule has 0 aliphatic rings. The summed E-state index contributed by atoms with van der Waals surface area (Å²) in [5.74, 6) is 0.527. The average Bonchev–Trinajstić information content (AvgIpc) is 2.35. The molecule has 0 aromatic heterocycles. The summed E-state index contributed by atoms with van der Waals surface area (Å²) < 4.78 is 0. The molecule has 0 heterocycles. The lowest BCUT2D eigenvalue weighted by molar-refractivity contribution is 0.831. The van der Waals surface area contributed by atoms with Crippen LogP contribution in [0.1, 0.15) is 20.8 Å². The Balaban J connectivity index is 5.25. The van der Waals surface area contributed by atoms with E-state index < -0.39 is 0 Å². The molecule has 0 saturated carbocycles. The fraction of sp³-hybridized carbons (Fsp3) is 0.294. The van der Waals surface area contributed by atoms with Crippen LogP contribution >= 0.6 is 0 Å². The summed E-state index contributed by atoms with van der Waals surface area (Å²) in [5, 5.41) is 3.09. The Morgan fingerprint density at radius 1 is 1.06 bits per heavy atom. The van der Waals surface area contributed by atoms with Crippen molar-refractivity contribution in [1.82, 2.24) is 5.32 Å². The lowest BCUT2D eigenvalue weighted by atomic mass is 10.0. The Morgan fingerprint density at radius 3 is 2.17 bits per heavy atom. The third-order valence-electron chi connectivity index (χ3n) is 2.42. The van der Waals surface area contributed by atoms with Crippen LogP contribution in [0.15, 0.2) is 72.5 Å². The molecule has 0 rings (SSSR count). The molecule has 0 unspecified atom stereocenters. The zero-order chi connectivity index (χ0) is 14.0. The van der Waals surface area contributed by atoms with Crippen LogP contribution in [0.4, 0.5) is 0 Å². The molecular formula is C17H25N. The van der Waals surface area contributed by atoms with Gasteiger partial charge in [0.05, 0.1) is 0 Å². The first kappa shape index (κ1) is 16.2. The normalized spacial score (nSPS) is 14.2. The molecule has 0 amide bonds. The second kappa shape index (κ2) is 9.29. The predicted molar refractivity (Wildman–Crippen MR) is 83.4 cm³/mol. The van der Waals surface area contributed by atoms with E-state index in [2.05, 4.69) is 50.6 Å². The third-order valence-corrected chi connectivity index (χ3v) is 2.42. The second-order valence-corrected chi connectivity index (χ2v) is 4.39. The molecule has 1 heteroatoms. The molecule has 0 radical (unpaired) electrons. The van der Waals surface area contributed by atoms with Crippen molar-refractivity contribution in [2.75, 3.05) is 7.05 Å². The van der Waals surface area contributed by atoms with Crippen molar-refractivity contribution in [3.63, 3.8) is 0 Å². The van der Waals surface area contributed by atoms with Crippen LogP contribution in [-0.2, 0) is 0 Å². The van der Waals surface area contributed by atoms with Gasteiger partial charge >= 0.3 is 0 Å². The molecule has 0 aromatic carbocycles. The van der Waals surface area contributed by atoms with E-state index >= 15 is 0 Å². The Morgan fingerprint density at radius 2 is 1.72 bits per heavy atom. The van der Waals surface area contributed by atoms with Crippen LogP contribution in [0.5, 0.6) is 0 Å².